The summed E-state index contributed by atoms with van der Waals surface area (Å²) < 4.78 is 10.1. The number of halogens is 1. The summed E-state index contributed by atoms with van der Waals surface area (Å²) in [7, 11) is 2.91. The molecule has 0 aliphatic heterocycles. The largest absolute Gasteiger partial charge is 0.493 e. The van der Waals surface area contributed by atoms with E-state index >= 15 is 0 Å². The topological polar surface area (TPSA) is 59.3 Å². The molecule has 0 saturated heterocycles. The van der Waals surface area contributed by atoms with Gasteiger partial charge in [0.15, 0.2) is 17.3 Å². The molecule has 0 atom stereocenters. The highest BCUT2D eigenvalue weighted by Gasteiger charge is 2.15. The molecule has 0 aliphatic rings. The Labute approximate surface area is 102 Å². The first kappa shape index (κ1) is 12.5. The van der Waals surface area contributed by atoms with Crippen LogP contribution in [0.2, 0.25) is 0 Å². The minimum absolute atomic E-state index is 0.113. The summed E-state index contributed by atoms with van der Waals surface area (Å²) in [6, 6.07) is 5.02. The number of hydrogen-bond donors (Lipinski definition) is 0. The Morgan fingerprint density at radius 3 is 2.56 bits per heavy atom. The van der Waals surface area contributed by atoms with Crippen LogP contribution in [0.3, 0.4) is 0 Å². The average molecular weight is 284 g/mol. The van der Waals surface area contributed by atoms with Crippen LogP contribution in [0.25, 0.3) is 0 Å². The molecule has 1 rings (SSSR count). The number of carbonyl (C=O) groups is 1. The van der Waals surface area contributed by atoms with Crippen molar-refractivity contribution in [3.63, 3.8) is 0 Å². The third-order valence-electron chi connectivity index (χ3n) is 2.04. The number of alkyl halides is 1. The minimum Gasteiger partial charge on any atom is -0.493 e. The van der Waals surface area contributed by atoms with Crippen LogP contribution in [0.15, 0.2) is 12.1 Å². The number of ketones is 1. The molecule has 0 saturated carbocycles. The molecule has 0 aliphatic carbocycles. The fourth-order valence-corrected chi connectivity index (χ4v) is 1.61. The lowest BCUT2D eigenvalue weighted by molar-refractivity contribution is 0.102. The Morgan fingerprint density at radius 1 is 1.44 bits per heavy atom. The van der Waals surface area contributed by atoms with E-state index in [2.05, 4.69) is 15.9 Å². The Balaban J connectivity index is 3.38. The fraction of sp³-hybridized carbons (Fsp3) is 0.273. The molecule has 0 fully saturated rings. The van der Waals surface area contributed by atoms with Crippen molar-refractivity contribution in [1.29, 1.82) is 5.26 Å². The molecule has 4 nitrogen and oxygen atoms in total. The first-order chi connectivity index (χ1) is 7.67. The maximum Gasteiger partial charge on any atom is 0.178 e. The highest BCUT2D eigenvalue weighted by molar-refractivity contribution is 9.09. The summed E-state index contributed by atoms with van der Waals surface area (Å²) in [6.07, 6.45) is 0. The van der Waals surface area contributed by atoms with E-state index in [1.54, 1.807) is 6.07 Å². The normalized spacial score (nSPS) is 9.38. The molecule has 5 heteroatoms. The van der Waals surface area contributed by atoms with Crippen LogP contribution in [-0.4, -0.2) is 25.3 Å². The van der Waals surface area contributed by atoms with Gasteiger partial charge in [0.25, 0.3) is 0 Å². The van der Waals surface area contributed by atoms with Gasteiger partial charge in [0.05, 0.1) is 25.1 Å². The molecule has 16 heavy (non-hydrogen) atoms. The second-order valence-electron chi connectivity index (χ2n) is 2.93. The van der Waals surface area contributed by atoms with E-state index < -0.39 is 0 Å². The number of methoxy groups -OCH3 is 2. The molecule has 0 amide bonds. The zero-order valence-electron chi connectivity index (χ0n) is 8.91. The first-order valence-electron chi connectivity index (χ1n) is 4.43. The van der Waals surface area contributed by atoms with Crippen LogP contribution in [0.5, 0.6) is 11.5 Å². The van der Waals surface area contributed by atoms with Gasteiger partial charge in [-0.25, -0.2) is 0 Å². The summed E-state index contributed by atoms with van der Waals surface area (Å²) in [5.41, 5.74) is 0.706. The van der Waals surface area contributed by atoms with E-state index in [4.69, 9.17) is 14.7 Å². The molecule has 0 bridgehead atoms. The van der Waals surface area contributed by atoms with Crippen molar-refractivity contribution in [2.75, 3.05) is 19.5 Å². The molecule has 0 aromatic heterocycles. The number of ether oxygens (including phenoxy) is 2. The number of carbonyl (C=O) groups excluding carboxylic acids is 1. The molecule has 84 valence electrons. The quantitative estimate of drug-likeness (QED) is 0.628. The van der Waals surface area contributed by atoms with Crippen molar-refractivity contribution >= 4 is 21.7 Å². The summed E-state index contributed by atoms with van der Waals surface area (Å²) in [6.45, 7) is 0. The molecule has 1 aromatic carbocycles. The third kappa shape index (κ3) is 2.34. The monoisotopic (exact) mass is 283 g/mol. The first-order valence-corrected chi connectivity index (χ1v) is 5.55. The lowest BCUT2D eigenvalue weighted by Crippen LogP contribution is -2.03. The Kier molecular flexibility index (Phi) is 4.32. The number of nitrogens with zero attached hydrogens (tertiary/aromatic N) is 1. The van der Waals surface area contributed by atoms with Gasteiger partial charge in [-0.1, -0.05) is 15.9 Å². The number of hydrogen-bond acceptors (Lipinski definition) is 4. The van der Waals surface area contributed by atoms with Crippen molar-refractivity contribution < 1.29 is 14.3 Å². The summed E-state index contributed by atoms with van der Waals surface area (Å²) in [4.78, 5) is 11.5. The van der Waals surface area contributed by atoms with Gasteiger partial charge in [-0.2, -0.15) is 5.26 Å². The van der Waals surface area contributed by atoms with Gasteiger partial charge in [-0.15, -0.1) is 0 Å². The van der Waals surface area contributed by atoms with E-state index in [-0.39, 0.29) is 16.7 Å². The van der Waals surface area contributed by atoms with Gasteiger partial charge < -0.3 is 9.47 Å². The predicted octanol–water partition coefficient (Wildman–Crippen LogP) is 2.15. The van der Waals surface area contributed by atoms with Crippen LogP contribution in [0.1, 0.15) is 15.9 Å². The van der Waals surface area contributed by atoms with Crippen LogP contribution >= 0.6 is 15.9 Å². The molecule has 0 spiro atoms. The molecular formula is C11H10BrNO3. The SMILES string of the molecule is COc1cc(C(=O)CBr)cc(C#N)c1OC. The van der Waals surface area contributed by atoms with E-state index in [0.717, 1.165) is 0 Å². The van der Waals surface area contributed by atoms with Gasteiger partial charge in [0, 0.05) is 5.56 Å². The van der Waals surface area contributed by atoms with E-state index in [9.17, 15) is 4.79 Å². The fourth-order valence-electron chi connectivity index (χ4n) is 1.29. The van der Waals surface area contributed by atoms with E-state index in [1.807, 2.05) is 6.07 Å². The number of nitriles is 1. The van der Waals surface area contributed by atoms with Gasteiger partial charge in [0.2, 0.25) is 0 Å². The third-order valence-corrected chi connectivity index (χ3v) is 2.55. The predicted molar refractivity (Wildman–Crippen MR) is 62.4 cm³/mol. The van der Waals surface area contributed by atoms with Gasteiger partial charge in [-0.3, -0.25) is 4.79 Å². The molecule has 0 heterocycles. The minimum atomic E-state index is -0.113. The van der Waals surface area contributed by atoms with Crippen molar-refractivity contribution in [2.45, 2.75) is 0 Å². The molecule has 0 radical (unpaired) electrons. The molecular weight excluding hydrogens is 274 g/mol. The Hall–Kier alpha value is -1.54. The van der Waals surface area contributed by atoms with Crippen LogP contribution in [0, 0.1) is 11.3 Å². The smallest absolute Gasteiger partial charge is 0.178 e. The zero-order valence-corrected chi connectivity index (χ0v) is 10.5. The van der Waals surface area contributed by atoms with Crippen LogP contribution in [-0.2, 0) is 0 Å². The number of Topliss-reactive ketones (excluding diaryl/α,β-unsaturated/α-hetero) is 1. The maximum atomic E-state index is 11.5. The Morgan fingerprint density at radius 2 is 2.12 bits per heavy atom. The zero-order chi connectivity index (χ0) is 12.1. The highest BCUT2D eigenvalue weighted by atomic mass is 79.9. The molecule has 1 aromatic rings. The van der Waals surface area contributed by atoms with Gasteiger partial charge in [-0.05, 0) is 12.1 Å². The van der Waals surface area contributed by atoms with Crippen molar-refractivity contribution in [3.8, 4) is 17.6 Å². The van der Waals surface area contributed by atoms with E-state index in [0.29, 0.717) is 17.1 Å². The molecule has 0 unspecified atom stereocenters. The lowest BCUT2D eigenvalue weighted by atomic mass is 10.1. The second-order valence-corrected chi connectivity index (χ2v) is 3.49. The molecule has 0 N–H and O–H groups in total. The highest BCUT2D eigenvalue weighted by Crippen LogP contribution is 2.32. The van der Waals surface area contributed by atoms with Gasteiger partial charge in [0.1, 0.15) is 6.07 Å². The van der Waals surface area contributed by atoms with Crippen LogP contribution in [0.4, 0.5) is 0 Å². The van der Waals surface area contributed by atoms with Crippen molar-refractivity contribution in [2.24, 2.45) is 0 Å². The lowest BCUT2D eigenvalue weighted by Gasteiger charge is -2.10. The van der Waals surface area contributed by atoms with Gasteiger partial charge >= 0.3 is 0 Å². The maximum absolute atomic E-state index is 11.5. The number of benzene rings is 1. The van der Waals surface area contributed by atoms with E-state index in [1.165, 1.54) is 20.3 Å². The Bertz CT molecular complexity index is 451. The number of rotatable bonds is 4. The standard InChI is InChI=1S/C11H10BrNO3/c1-15-10-4-7(9(14)5-12)3-8(6-13)11(10)16-2/h3-4H,5H2,1-2H3. The summed E-state index contributed by atoms with van der Waals surface area (Å²) in [5.74, 6) is 0.611. The van der Waals surface area contributed by atoms with Crippen LogP contribution < -0.4 is 9.47 Å². The van der Waals surface area contributed by atoms with Crippen molar-refractivity contribution in [3.05, 3.63) is 23.3 Å². The van der Waals surface area contributed by atoms with Crippen molar-refractivity contribution in [1.82, 2.24) is 0 Å². The summed E-state index contributed by atoms with van der Waals surface area (Å²) in [5, 5.41) is 9.14. The average Bonchev–Trinajstić information content (AvgIpc) is 2.35. The second kappa shape index (κ2) is 5.52. The summed E-state index contributed by atoms with van der Waals surface area (Å²) >= 11 is 3.08.